The summed E-state index contributed by atoms with van der Waals surface area (Å²) >= 11 is 0. The fourth-order valence-electron chi connectivity index (χ4n) is 3.23. The van der Waals surface area contributed by atoms with E-state index in [1.54, 1.807) is 0 Å². The number of hydrogen-bond donors (Lipinski definition) is 0. The Bertz CT molecular complexity index is 371. The van der Waals surface area contributed by atoms with Crippen molar-refractivity contribution < 1.29 is 4.79 Å². The summed E-state index contributed by atoms with van der Waals surface area (Å²) in [4.78, 5) is 14.7. The van der Waals surface area contributed by atoms with Crippen molar-refractivity contribution in [3.05, 3.63) is 0 Å². The van der Waals surface area contributed by atoms with Crippen LogP contribution in [0.15, 0.2) is 0 Å². The highest BCUT2D eigenvalue weighted by atomic mass is 16.2. The molecule has 0 aromatic carbocycles. The molecule has 0 aliphatic carbocycles. The van der Waals surface area contributed by atoms with E-state index in [9.17, 15) is 10.1 Å². The normalized spacial score (nSPS) is 21.2. The zero-order valence-electron chi connectivity index (χ0n) is 13.8. The van der Waals surface area contributed by atoms with Crippen molar-refractivity contribution in [3.63, 3.8) is 0 Å². The van der Waals surface area contributed by atoms with Gasteiger partial charge in [0.25, 0.3) is 0 Å². The molecule has 1 aliphatic heterocycles. The molecular weight excluding hydrogens is 248 g/mol. The molecule has 3 nitrogen and oxygen atoms in total. The van der Waals surface area contributed by atoms with E-state index in [4.69, 9.17) is 0 Å². The minimum atomic E-state index is -0.804. The second-order valence-corrected chi connectivity index (χ2v) is 7.19. The van der Waals surface area contributed by atoms with Gasteiger partial charge in [-0.05, 0) is 43.4 Å². The predicted molar refractivity (Wildman–Crippen MR) is 82.0 cm³/mol. The largest absolute Gasteiger partial charge is 0.341 e. The monoisotopic (exact) mass is 278 g/mol. The Hall–Kier alpha value is -1.04. The van der Waals surface area contributed by atoms with Gasteiger partial charge in [-0.3, -0.25) is 4.79 Å². The molecule has 0 saturated carbocycles. The topological polar surface area (TPSA) is 44.1 Å². The summed E-state index contributed by atoms with van der Waals surface area (Å²) in [5, 5.41) is 9.43. The van der Waals surface area contributed by atoms with E-state index in [0.717, 1.165) is 25.9 Å². The van der Waals surface area contributed by atoms with Crippen molar-refractivity contribution in [2.75, 3.05) is 13.1 Å². The van der Waals surface area contributed by atoms with E-state index in [0.29, 0.717) is 24.2 Å². The Morgan fingerprint density at radius 3 is 2.25 bits per heavy atom. The van der Waals surface area contributed by atoms with Crippen molar-refractivity contribution in [1.82, 2.24) is 4.90 Å². The molecule has 1 saturated heterocycles. The van der Waals surface area contributed by atoms with Gasteiger partial charge in [-0.25, -0.2) is 0 Å². The van der Waals surface area contributed by atoms with Crippen LogP contribution in [-0.2, 0) is 4.79 Å². The average Bonchev–Trinajstić information content (AvgIpc) is 2.66. The van der Waals surface area contributed by atoms with Crippen molar-refractivity contribution >= 4 is 5.91 Å². The van der Waals surface area contributed by atoms with Gasteiger partial charge in [0, 0.05) is 13.1 Å². The van der Waals surface area contributed by atoms with Gasteiger partial charge in [0.15, 0.2) is 0 Å². The molecule has 1 fully saturated rings. The molecule has 1 unspecified atom stereocenters. The number of hydrogen-bond acceptors (Lipinski definition) is 2. The molecule has 0 aromatic heterocycles. The first-order chi connectivity index (χ1) is 9.30. The van der Waals surface area contributed by atoms with Crippen molar-refractivity contribution in [2.45, 2.75) is 66.7 Å². The molecular formula is C17H30N2O. The van der Waals surface area contributed by atoms with Crippen LogP contribution in [0.3, 0.4) is 0 Å². The van der Waals surface area contributed by atoms with Crippen LogP contribution >= 0.6 is 0 Å². The first-order valence-corrected chi connectivity index (χ1v) is 8.01. The Kier molecular flexibility index (Phi) is 5.62. The fourth-order valence-corrected chi connectivity index (χ4v) is 3.23. The van der Waals surface area contributed by atoms with Crippen LogP contribution in [0, 0.1) is 28.1 Å². The van der Waals surface area contributed by atoms with E-state index in [-0.39, 0.29) is 5.91 Å². The molecule has 114 valence electrons. The number of amides is 1. The van der Waals surface area contributed by atoms with Crippen LogP contribution in [0.1, 0.15) is 66.7 Å². The standard InChI is InChI=1S/C17H30N2O/c1-6-17(7-2,13-18)15(20)19-11-8-9-14(10-12-19)16(3,4)5/h14H,6-12H2,1-5H3. The Morgan fingerprint density at radius 2 is 1.80 bits per heavy atom. The lowest BCUT2D eigenvalue weighted by Crippen LogP contribution is -2.43. The van der Waals surface area contributed by atoms with Crippen LogP contribution in [0.25, 0.3) is 0 Å². The minimum absolute atomic E-state index is 0.0551. The van der Waals surface area contributed by atoms with Gasteiger partial charge in [-0.15, -0.1) is 0 Å². The molecule has 20 heavy (non-hydrogen) atoms. The second-order valence-electron chi connectivity index (χ2n) is 7.19. The van der Waals surface area contributed by atoms with E-state index in [1.165, 1.54) is 6.42 Å². The summed E-state index contributed by atoms with van der Waals surface area (Å²) in [6.07, 6.45) is 4.52. The second kappa shape index (κ2) is 6.61. The molecule has 0 N–H and O–H groups in total. The molecule has 3 heteroatoms. The van der Waals surface area contributed by atoms with Gasteiger partial charge in [0.05, 0.1) is 6.07 Å². The Balaban J connectivity index is 2.79. The van der Waals surface area contributed by atoms with Gasteiger partial charge < -0.3 is 4.90 Å². The molecule has 1 rings (SSSR count). The lowest BCUT2D eigenvalue weighted by atomic mass is 9.76. The van der Waals surface area contributed by atoms with Crippen molar-refractivity contribution in [3.8, 4) is 6.07 Å². The number of rotatable bonds is 3. The maximum atomic E-state index is 12.7. The lowest BCUT2D eigenvalue weighted by molar-refractivity contribution is -0.139. The van der Waals surface area contributed by atoms with Crippen molar-refractivity contribution in [2.24, 2.45) is 16.7 Å². The number of likely N-dealkylation sites (tertiary alicyclic amines) is 1. The molecule has 1 aliphatic rings. The highest BCUT2D eigenvalue weighted by molar-refractivity contribution is 5.85. The maximum Gasteiger partial charge on any atom is 0.243 e. The highest BCUT2D eigenvalue weighted by Gasteiger charge is 2.39. The van der Waals surface area contributed by atoms with E-state index >= 15 is 0 Å². The smallest absolute Gasteiger partial charge is 0.243 e. The van der Waals surface area contributed by atoms with Gasteiger partial charge >= 0.3 is 0 Å². The first-order valence-electron chi connectivity index (χ1n) is 8.01. The molecule has 0 spiro atoms. The minimum Gasteiger partial charge on any atom is -0.341 e. The van der Waals surface area contributed by atoms with Gasteiger partial charge in [0.2, 0.25) is 5.91 Å². The Labute approximate surface area is 124 Å². The van der Waals surface area contributed by atoms with Crippen molar-refractivity contribution in [1.29, 1.82) is 5.26 Å². The van der Waals surface area contributed by atoms with E-state index in [2.05, 4.69) is 26.8 Å². The molecule has 1 atom stereocenters. The highest BCUT2D eigenvalue weighted by Crippen LogP contribution is 2.36. The average molecular weight is 278 g/mol. The van der Waals surface area contributed by atoms with Gasteiger partial charge in [0.1, 0.15) is 5.41 Å². The Morgan fingerprint density at radius 1 is 1.20 bits per heavy atom. The van der Waals surface area contributed by atoms with Crippen LogP contribution in [0.4, 0.5) is 0 Å². The van der Waals surface area contributed by atoms with Gasteiger partial charge in [-0.2, -0.15) is 5.26 Å². The summed E-state index contributed by atoms with van der Waals surface area (Å²) < 4.78 is 0. The number of nitriles is 1. The molecule has 0 bridgehead atoms. The molecule has 0 radical (unpaired) electrons. The lowest BCUT2D eigenvalue weighted by Gasteiger charge is -2.32. The number of carbonyl (C=O) groups excluding carboxylic acids is 1. The first kappa shape index (κ1) is 17.0. The third-order valence-electron chi connectivity index (χ3n) is 5.07. The summed E-state index contributed by atoms with van der Waals surface area (Å²) in [6, 6.07) is 2.28. The van der Waals surface area contributed by atoms with Crippen LogP contribution in [-0.4, -0.2) is 23.9 Å². The maximum absolute atomic E-state index is 12.7. The van der Waals surface area contributed by atoms with E-state index < -0.39 is 5.41 Å². The zero-order valence-corrected chi connectivity index (χ0v) is 13.8. The number of nitrogens with zero attached hydrogens (tertiary/aromatic N) is 2. The third-order valence-corrected chi connectivity index (χ3v) is 5.07. The molecule has 0 aromatic rings. The van der Waals surface area contributed by atoms with Crippen LogP contribution in [0.5, 0.6) is 0 Å². The van der Waals surface area contributed by atoms with Crippen LogP contribution in [0.2, 0.25) is 0 Å². The van der Waals surface area contributed by atoms with Crippen LogP contribution < -0.4 is 0 Å². The summed E-state index contributed by atoms with van der Waals surface area (Å²) in [5.74, 6) is 0.722. The summed E-state index contributed by atoms with van der Waals surface area (Å²) in [7, 11) is 0. The fraction of sp³-hybridized carbons (Fsp3) is 0.882. The SMILES string of the molecule is CCC(C#N)(CC)C(=O)N1CCCC(C(C)(C)C)CC1. The molecule has 1 heterocycles. The quantitative estimate of drug-likeness (QED) is 0.783. The molecule has 1 amide bonds. The zero-order chi connectivity index (χ0) is 15.4. The third kappa shape index (κ3) is 3.53. The predicted octanol–water partition coefficient (Wildman–Crippen LogP) is 3.99. The summed E-state index contributed by atoms with van der Waals surface area (Å²) in [5.41, 5.74) is -0.498. The van der Waals surface area contributed by atoms with E-state index in [1.807, 2.05) is 18.7 Å². The summed E-state index contributed by atoms with van der Waals surface area (Å²) in [6.45, 7) is 12.4. The number of carbonyl (C=O) groups is 1. The van der Waals surface area contributed by atoms with Gasteiger partial charge in [-0.1, -0.05) is 34.6 Å².